The summed E-state index contributed by atoms with van der Waals surface area (Å²) < 4.78 is 6.35. The Labute approximate surface area is 135 Å². The van der Waals surface area contributed by atoms with Gasteiger partial charge >= 0.3 is 0 Å². The van der Waals surface area contributed by atoms with Gasteiger partial charge in [-0.2, -0.15) is 9.78 Å². The van der Waals surface area contributed by atoms with E-state index in [2.05, 4.69) is 5.48 Å². The molecule has 1 saturated heterocycles. The molecule has 0 aromatic carbocycles. The molecule has 23 heavy (non-hydrogen) atoms. The van der Waals surface area contributed by atoms with E-state index in [1.54, 1.807) is 0 Å². The third-order valence-electron chi connectivity index (χ3n) is 5.78. The van der Waals surface area contributed by atoms with Crippen LogP contribution in [0, 0.1) is 17.8 Å². The van der Waals surface area contributed by atoms with Gasteiger partial charge in [-0.1, -0.05) is 0 Å². The number of hydroxylamine groups is 1. The molecule has 3 aliphatic carbocycles. The maximum absolute atomic E-state index is 10.9. The average molecular weight is 327 g/mol. The van der Waals surface area contributed by atoms with Crippen LogP contribution in [0.15, 0.2) is 0 Å². The first-order chi connectivity index (χ1) is 11.0. The molecule has 1 aliphatic heterocycles. The molecule has 7 nitrogen and oxygen atoms in total. The van der Waals surface area contributed by atoms with Gasteiger partial charge < -0.3 is 9.84 Å². The van der Waals surface area contributed by atoms with E-state index in [1.165, 1.54) is 6.92 Å². The van der Waals surface area contributed by atoms with Gasteiger partial charge in [-0.15, -0.1) is 0 Å². The summed E-state index contributed by atoms with van der Waals surface area (Å²) in [5, 5.41) is 9.94. The quantitative estimate of drug-likeness (QED) is 0.602. The fraction of sp³-hybridized carbons (Fsp3) is 0.938. The summed E-state index contributed by atoms with van der Waals surface area (Å²) in [7, 11) is 0. The van der Waals surface area contributed by atoms with Gasteiger partial charge in [-0.05, 0) is 37.5 Å². The summed E-state index contributed by atoms with van der Waals surface area (Å²) in [6.45, 7) is 1.89. The Bertz CT molecular complexity index is 487. The third kappa shape index (κ3) is 2.78. The van der Waals surface area contributed by atoms with E-state index in [9.17, 15) is 9.90 Å². The van der Waals surface area contributed by atoms with Crippen LogP contribution in [0.2, 0.25) is 0 Å². The van der Waals surface area contributed by atoms with E-state index in [1.807, 2.05) is 0 Å². The predicted octanol–water partition coefficient (Wildman–Crippen LogP) is 1.41. The van der Waals surface area contributed by atoms with Crippen molar-refractivity contribution in [1.82, 2.24) is 5.48 Å². The number of amides is 1. The number of hydrogen-bond donors (Lipinski definition) is 2. The van der Waals surface area contributed by atoms with Crippen molar-refractivity contribution in [1.29, 1.82) is 0 Å². The summed E-state index contributed by atoms with van der Waals surface area (Å²) in [6, 6.07) is 0. The van der Waals surface area contributed by atoms with Crippen LogP contribution >= 0.6 is 0 Å². The highest BCUT2D eigenvalue weighted by molar-refractivity contribution is 5.71. The molecule has 4 rings (SSSR count). The number of carbonyl (C=O) groups is 1. The lowest BCUT2D eigenvalue weighted by Crippen LogP contribution is -2.46. The summed E-state index contributed by atoms with van der Waals surface area (Å²) in [6.07, 6.45) is 5.45. The number of ether oxygens (including phenoxy) is 1. The van der Waals surface area contributed by atoms with Crippen molar-refractivity contribution in [2.45, 2.75) is 69.5 Å². The fourth-order valence-electron chi connectivity index (χ4n) is 4.98. The number of rotatable bonds is 3. The van der Waals surface area contributed by atoms with Gasteiger partial charge in [0.2, 0.25) is 17.5 Å². The molecular weight excluding hydrogens is 302 g/mol. The standard InChI is InChI=1S/C16H25NO6/c1-10(18)17-20-9-12-5-11-6-14(12)16(7-11)21-15(22-23-16)4-2-3-13(19)8-15/h11-14,19H,2-9H2,1H3,(H,17,18)/t11?,12?,13-,14?,15-,16?/m0/s1. The van der Waals surface area contributed by atoms with E-state index in [4.69, 9.17) is 19.3 Å². The molecule has 0 radical (unpaired) electrons. The zero-order chi connectivity index (χ0) is 16.1. The predicted molar refractivity (Wildman–Crippen MR) is 77.3 cm³/mol. The maximum Gasteiger partial charge on any atom is 0.240 e. The van der Waals surface area contributed by atoms with E-state index in [-0.39, 0.29) is 23.8 Å². The van der Waals surface area contributed by atoms with Gasteiger partial charge in [0.05, 0.1) is 12.7 Å². The van der Waals surface area contributed by atoms with Crippen molar-refractivity contribution in [3.63, 3.8) is 0 Å². The van der Waals surface area contributed by atoms with Crippen molar-refractivity contribution in [2.75, 3.05) is 6.61 Å². The fourth-order valence-corrected chi connectivity index (χ4v) is 4.98. The van der Waals surface area contributed by atoms with Crippen molar-refractivity contribution in [3.8, 4) is 0 Å². The Morgan fingerprint density at radius 2 is 2.22 bits per heavy atom. The van der Waals surface area contributed by atoms with E-state index in [0.717, 1.165) is 38.5 Å². The molecule has 1 amide bonds. The lowest BCUT2D eigenvalue weighted by molar-refractivity contribution is -0.366. The van der Waals surface area contributed by atoms with Crippen LogP contribution in [-0.4, -0.2) is 35.3 Å². The van der Waals surface area contributed by atoms with Crippen molar-refractivity contribution in [2.24, 2.45) is 17.8 Å². The first-order valence-electron chi connectivity index (χ1n) is 8.64. The third-order valence-corrected chi connectivity index (χ3v) is 5.78. The highest BCUT2D eigenvalue weighted by Crippen LogP contribution is 2.60. The molecule has 6 atom stereocenters. The van der Waals surface area contributed by atoms with Gasteiger partial charge in [0, 0.05) is 32.1 Å². The van der Waals surface area contributed by atoms with Crippen molar-refractivity contribution >= 4 is 5.91 Å². The Balaban J connectivity index is 1.42. The average Bonchev–Trinajstić information content (AvgIpc) is 3.12. The minimum absolute atomic E-state index is 0.199. The maximum atomic E-state index is 10.9. The van der Waals surface area contributed by atoms with Gasteiger partial charge in [0.15, 0.2) is 0 Å². The highest BCUT2D eigenvalue weighted by Gasteiger charge is 2.65. The van der Waals surface area contributed by atoms with Crippen LogP contribution in [0.25, 0.3) is 0 Å². The van der Waals surface area contributed by atoms with Crippen LogP contribution in [0.4, 0.5) is 0 Å². The molecule has 0 aromatic heterocycles. The largest absolute Gasteiger partial charge is 0.393 e. The molecule has 4 aliphatic rings. The van der Waals surface area contributed by atoms with E-state index >= 15 is 0 Å². The second-order valence-electron chi connectivity index (χ2n) is 7.62. The summed E-state index contributed by atoms with van der Waals surface area (Å²) in [5.41, 5.74) is 2.39. The molecule has 2 spiro atoms. The zero-order valence-electron chi connectivity index (χ0n) is 13.5. The number of fused-ring (bicyclic) bond motifs is 3. The Kier molecular flexibility index (Phi) is 3.89. The molecule has 4 unspecified atom stereocenters. The number of carbonyl (C=O) groups excluding carboxylic acids is 1. The molecule has 2 bridgehead atoms. The summed E-state index contributed by atoms with van der Waals surface area (Å²) in [5.74, 6) is -0.657. The minimum Gasteiger partial charge on any atom is -0.393 e. The molecule has 4 fully saturated rings. The molecule has 2 N–H and O–H groups in total. The van der Waals surface area contributed by atoms with Crippen LogP contribution in [-0.2, 0) is 24.1 Å². The van der Waals surface area contributed by atoms with Gasteiger partial charge in [-0.25, -0.2) is 5.48 Å². The normalized spacial score (nSPS) is 48.4. The highest BCUT2D eigenvalue weighted by atomic mass is 17.3. The second kappa shape index (κ2) is 5.67. The Morgan fingerprint density at radius 1 is 1.35 bits per heavy atom. The van der Waals surface area contributed by atoms with E-state index < -0.39 is 11.6 Å². The molecule has 130 valence electrons. The first kappa shape index (κ1) is 15.8. The number of aliphatic hydroxyl groups excluding tert-OH is 1. The molecule has 3 saturated carbocycles. The van der Waals surface area contributed by atoms with Gasteiger partial charge in [0.1, 0.15) is 0 Å². The lowest BCUT2D eigenvalue weighted by Gasteiger charge is -2.37. The van der Waals surface area contributed by atoms with Crippen LogP contribution in [0.5, 0.6) is 0 Å². The lowest BCUT2D eigenvalue weighted by atomic mass is 9.84. The van der Waals surface area contributed by atoms with Crippen LogP contribution in [0.3, 0.4) is 0 Å². The molecular formula is C16H25NO6. The minimum atomic E-state index is -0.787. The number of nitrogens with one attached hydrogen (secondary N) is 1. The monoisotopic (exact) mass is 327 g/mol. The van der Waals surface area contributed by atoms with Crippen LogP contribution in [0.1, 0.15) is 51.9 Å². The first-order valence-corrected chi connectivity index (χ1v) is 8.64. The summed E-state index contributed by atoms with van der Waals surface area (Å²) in [4.78, 5) is 27.6. The van der Waals surface area contributed by atoms with Crippen molar-refractivity contribution < 1.29 is 29.3 Å². The SMILES string of the molecule is CC(=O)NOCC1CC2CC1C1(C2)OO[C@]2(CCC[C@H](O)C2)O1. The van der Waals surface area contributed by atoms with Crippen LogP contribution < -0.4 is 5.48 Å². The second-order valence-corrected chi connectivity index (χ2v) is 7.62. The number of hydrogen-bond acceptors (Lipinski definition) is 6. The molecule has 0 aromatic rings. The van der Waals surface area contributed by atoms with E-state index in [0.29, 0.717) is 18.9 Å². The zero-order valence-corrected chi connectivity index (χ0v) is 13.5. The Hall–Kier alpha value is -0.730. The molecule has 7 heteroatoms. The summed E-state index contributed by atoms with van der Waals surface area (Å²) >= 11 is 0. The van der Waals surface area contributed by atoms with Gasteiger partial charge in [-0.3, -0.25) is 9.63 Å². The topological polar surface area (TPSA) is 86.3 Å². The van der Waals surface area contributed by atoms with Gasteiger partial charge in [0.25, 0.3) is 0 Å². The molecule has 1 heterocycles. The van der Waals surface area contributed by atoms with Crippen molar-refractivity contribution in [3.05, 3.63) is 0 Å². The Morgan fingerprint density at radius 3 is 2.96 bits per heavy atom. The smallest absolute Gasteiger partial charge is 0.240 e. The number of aliphatic hydroxyl groups is 1.